The second kappa shape index (κ2) is 4.25. The summed E-state index contributed by atoms with van der Waals surface area (Å²) in [6.45, 7) is 1.37. The largest absolute Gasteiger partial charge is 0.399 e. The number of primary sulfonamides is 1. The van der Waals surface area contributed by atoms with Gasteiger partial charge in [0.1, 0.15) is 0 Å². The average Bonchev–Trinajstić information content (AvgIpc) is 2.09. The zero-order chi connectivity index (χ0) is 11.8. The first-order valence-corrected chi connectivity index (χ1v) is 7.05. The summed E-state index contributed by atoms with van der Waals surface area (Å²) in [5.74, 6) is 0. The monoisotopic (exact) mass is 260 g/mol. The van der Waals surface area contributed by atoms with Crippen LogP contribution in [0, 0.1) is 0 Å². The van der Waals surface area contributed by atoms with Crippen LogP contribution in [0.25, 0.3) is 0 Å². The van der Waals surface area contributed by atoms with Crippen LogP contribution in [0.15, 0.2) is 28.0 Å². The highest BCUT2D eigenvalue weighted by molar-refractivity contribution is 8.00. The van der Waals surface area contributed by atoms with Crippen LogP contribution in [0.1, 0.15) is 0 Å². The second-order valence-corrected chi connectivity index (χ2v) is 6.50. The predicted octanol–water partition coefficient (Wildman–Crippen LogP) is 0.407. The van der Waals surface area contributed by atoms with Gasteiger partial charge < -0.3 is 10.5 Å². The van der Waals surface area contributed by atoms with Crippen LogP contribution in [0.4, 0.5) is 5.69 Å². The van der Waals surface area contributed by atoms with Gasteiger partial charge in [-0.15, -0.1) is 11.8 Å². The van der Waals surface area contributed by atoms with Crippen LogP contribution in [0.2, 0.25) is 0 Å². The third-order valence-electron chi connectivity index (χ3n) is 2.14. The molecule has 1 aliphatic rings. The number of benzene rings is 1. The first-order valence-electron chi connectivity index (χ1n) is 4.63. The number of nitrogen functional groups attached to an aromatic ring is 1. The fraction of sp³-hybridized carbons (Fsp3) is 0.333. The number of hydrogen-bond donors (Lipinski definition) is 2. The van der Waals surface area contributed by atoms with Gasteiger partial charge in [-0.05, 0) is 18.2 Å². The van der Waals surface area contributed by atoms with E-state index in [9.17, 15) is 8.42 Å². The SMILES string of the molecule is Nc1cc(SC2COC2)cc(S(N)(=O)=O)c1. The van der Waals surface area contributed by atoms with Gasteiger partial charge in [-0.3, -0.25) is 0 Å². The lowest BCUT2D eigenvalue weighted by Crippen LogP contribution is -2.30. The van der Waals surface area contributed by atoms with Crippen LogP contribution in [0.5, 0.6) is 0 Å². The molecule has 16 heavy (non-hydrogen) atoms. The van der Waals surface area contributed by atoms with Crippen molar-refractivity contribution >= 4 is 27.5 Å². The van der Waals surface area contributed by atoms with E-state index in [1.807, 2.05) is 0 Å². The summed E-state index contributed by atoms with van der Waals surface area (Å²) in [4.78, 5) is 0.854. The molecule has 1 fully saturated rings. The van der Waals surface area contributed by atoms with Crippen LogP contribution < -0.4 is 10.9 Å². The number of anilines is 1. The second-order valence-electron chi connectivity index (χ2n) is 3.56. The summed E-state index contributed by atoms with van der Waals surface area (Å²) < 4.78 is 27.4. The van der Waals surface area contributed by atoms with Crippen molar-refractivity contribution in [2.45, 2.75) is 15.0 Å². The van der Waals surface area contributed by atoms with E-state index in [1.54, 1.807) is 17.8 Å². The highest BCUT2D eigenvalue weighted by atomic mass is 32.2. The summed E-state index contributed by atoms with van der Waals surface area (Å²) >= 11 is 1.55. The number of nitrogens with two attached hydrogens (primary N) is 2. The lowest BCUT2D eigenvalue weighted by atomic mass is 10.3. The van der Waals surface area contributed by atoms with E-state index in [0.29, 0.717) is 24.2 Å². The minimum absolute atomic E-state index is 0.0511. The molecular weight excluding hydrogens is 248 g/mol. The molecule has 88 valence electrons. The fourth-order valence-corrected chi connectivity index (χ4v) is 3.08. The van der Waals surface area contributed by atoms with E-state index in [2.05, 4.69) is 0 Å². The summed E-state index contributed by atoms with van der Waals surface area (Å²) in [6.07, 6.45) is 0. The van der Waals surface area contributed by atoms with Crippen molar-refractivity contribution < 1.29 is 13.2 Å². The maximum absolute atomic E-state index is 11.2. The Labute approximate surface area is 98.2 Å². The molecule has 0 aliphatic carbocycles. The van der Waals surface area contributed by atoms with E-state index in [4.69, 9.17) is 15.6 Å². The highest BCUT2D eigenvalue weighted by Gasteiger charge is 2.20. The van der Waals surface area contributed by atoms with Crippen LogP contribution >= 0.6 is 11.8 Å². The minimum atomic E-state index is -3.70. The van der Waals surface area contributed by atoms with Crippen molar-refractivity contribution in [1.29, 1.82) is 0 Å². The Hall–Kier alpha value is -0.760. The van der Waals surface area contributed by atoms with Gasteiger partial charge in [0.05, 0.1) is 23.4 Å². The molecule has 0 atom stereocenters. The van der Waals surface area contributed by atoms with Gasteiger partial charge in [0.25, 0.3) is 0 Å². The summed E-state index contributed by atoms with van der Waals surface area (Å²) in [6, 6.07) is 4.63. The molecule has 4 N–H and O–H groups in total. The molecule has 0 bridgehead atoms. The number of sulfonamides is 1. The average molecular weight is 260 g/mol. The molecular formula is C9H12N2O3S2. The molecule has 0 aromatic heterocycles. The zero-order valence-electron chi connectivity index (χ0n) is 8.42. The Bertz CT molecular complexity index is 497. The Kier molecular flexibility index (Phi) is 3.11. The molecule has 1 aromatic rings. The first-order chi connectivity index (χ1) is 7.45. The fourth-order valence-electron chi connectivity index (χ4n) is 1.30. The van der Waals surface area contributed by atoms with Crippen molar-refractivity contribution in [1.82, 2.24) is 0 Å². The molecule has 1 aromatic carbocycles. The number of ether oxygens (including phenoxy) is 1. The smallest absolute Gasteiger partial charge is 0.238 e. The summed E-state index contributed by atoms with van der Waals surface area (Å²) in [5, 5.41) is 5.43. The number of rotatable bonds is 3. The molecule has 2 rings (SSSR count). The molecule has 1 saturated heterocycles. The van der Waals surface area contributed by atoms with Crippen LogP contribution in [-0.4, -0.2) is 26.9 Å². The van der Waals surface area contributed by atoms with Gasteiger partial charge in [0.2, 0.25) is 10.0 Å². The topological polar surface area (TPSA) is 95.4 Å². The van der Waals surface area contributed by atoms with Crippen LogP contribution in [-0.2, 0) is 14.8 Å². The van der Waals surface area contributed by atoms with E-state index >= 15 is 0 Å². The summed E-state index contributed by atoms with van der Waals surface area (Å²) in [7, 11) is -3.70. The Morgan fingerprint density at radius 1 is 1.31 bits per heavy atom. The molecule has 1 aliphatic heterocycles. The molecule has 0 saturated carbocycles. The molecule has 0 radical (unpaired) electrons. The van der Waals surface area contributed by atoms with Crippen LogP contribution in [0.3, 0.4) is 0 Å². The van der Waals surface area contributed by atoms with Gasteiger partial charge in [-0.25, -0.2) is 13.6 Å². The van der Waals surface area contributed by atoms with E-state index < -0.39 is 10.0 Å². The molecule has 7 heteroatoms. The number of thioether (sulfide) groups is 1. The van der Waals surface area contributed by atoms with Crippen molar-refractivity contribution in [3.63, 3.8) is 0 Å². The molecule has 0 spiro atoms. The predicted molar refractivity (Wildman–Crippen MR) is 62.7 cm³/mol. The lowest BCUT2D eigenvalue weighted by Gasteiger charge is -2.25. The van der Waals surface area contributed by atoms with Gasteiger partial charge >= 0.3 is 0 Å². The lowest BCUT2D eigenvalue weighted by molar-refractivity contribution is 0.0455. The normalized spacial score (nSPS) is 17.1. The van der Waals surface area contributed by atoms with Crippen molar-refractivity contribution in [3.05, 3.63) is 18.2 Å². The molecule has 0 amide bonds. The molecule has 1 heterocycles. The quantitative estimate of drug-likeness (QED) is 0.767. The Morgan fingerprint density at radius 3 is 2.50 bits per heavy atom. The van der Waals surface area contributed by atoms with Crippen molar-refractivity contribution in [2.24, 2.45) is 5.14 Å². The van der Waals surface area contributed by atoms with Crippen molar-refractivity contribution in [3.8, 4) is 0 Å². The van der Waals surface area contributed by atoms with E-state index in [1.165, 1.54) is 12.1 Å². The molecule has 5 nitrogen and oxygen atoms in total. The summed E-state index contributed by atoms with van der Waals surface area (Å²) in [5.41, 5.74) is 6.02. The van der Waals surface area contributed by atoms with E-state index in [0.717, 1.165) is 4.90 Å². The van der Waals surface area contributed by atoms with Gasteiger partial charge in [-0.1, -0.05) is 0 Å². The minimum Gasteiger partial charge on any atom is -0.399 e. The molecule has 0 unspecified atom stereocenters. The van der Waals surface area contributed by atoms with Crippen molar-refractivity contribution in [2.75, 3.05) is 18.9 Å². The zero-order valence-corrected chi connectivity index (χ0v) is 10.1. The Morgan fingerprint density at radius 2 is 2.00 bits per heavy atom. The van der Waals surface area contributed by atoms with Gasteiger partial charge in [0, 0.05) is 10.6 Å². The third kappa shape index (κ3) is 2.67. The maximum Gasteiger partial charge on any atom is 0.238 e. The Balaban J connectivity index is 2.28. The maximum atomic E-state index is 11.2. The number of hydrogen-bond acceptors (Lipinski definition) is 5. The van der Waals surface area contributed by atoms with Gasteiger partial charge in [0.15, 0.2) is 0 Å². The first kappa shape index (κ1) is 11.7. The van der Waals surface area contributed by atoms with E-state index in [-0.39, 0.29) is 4.90 Å². The van der Waals surface area contributed by atoms with Gasteiger partial charge in [-0.2, -0.15) is 0 Å². The standard InChI is InChI=1S/C9H12N2O3S2/c10-6-1-7(15-8-4-14-5-8)3-9(2-6)16(11,12)13/h1-3,8H,4-5,10H2,(H2,11,12,13). The highest BCUT2D eigenvalue weighted by Crippen LogP contribution is 2.30. The third-order valence-corrected chi connectivity index (χ3v) is 4.15.